The van der Waals surface area contributed by atoms with Gasteiger partial charge in [-0.2, -0.15) is 0 Å². The molecule has 0 bridgehead atoms. The predicted octanol–water partition coefficient (Wildman–Crippen LogP) is 4.19. The van der Waals surface area contributed by atoms with Crippen molar-refractivity contribution in [3.8, 4) is 11.3 Å². The van der Waals surface area contributed by atoms with Crippen LogP contribution in [0.5, 0.6) is 0 Å². The van der Waals surface area contributed by atoms with Crippen LogP contribution < -0.4 is 5.32 Å². The molecule has 2 aromatic carbocycles. The molecular formula is C18H15FN2OS. The van der Waals surface area contributed by atoms with Crippen molar-refractivity contribution in [2.24, 2.45) is 0 Å². The van der Waals surface area contributed by atoms with E-state index in [1.807, 2.05) is 25.1 Å². The molecule has 0 spiro atoms. The van der Waals surface area contributed by atoms with Gasteiger partial charge in [0.2, 0.25) is 0 Å². The zero-order valence-corrected chi connectivity index (χ0v) is 13.4. The molecule has 3 rings (SSSR count). The molecule has 3 nitrogen and oxygen atoms in total. The third kappa shape index (κ3) is 3.63. The first-order chi connectivity index (χ1) is 11.1. The highest BCUT2D eigenvalue weighted by atomic mass is 32.1. The summed E-state index contributed by atoms with van der Waals surface area (Å²) in [6, 6.07) is 15.3. The fourth-order valence-corrected chi connectivity index (χ4v) is 3.14. The largest absolute Gasteiger partial charge is 0.346 e. The maximum Gasteiger partial charge on any atom is 0.251 e. The monoisotopic (exact) mass is 326 g/mol. The van der Waals surface area contributed by atoms with Crippen molar-refractivity contribution in [1.29, 1.82) is 0 Å². The average Bonchev–Trinajstić information content (AvgIpc) is 2.95. The van der Waals surface area contributed by atoms with E-state index in [4.69, 9.17) is 0 Å². The zero-order chi connectivity index (χ0) is 16.2. The zero-order valence-electron chi connectivity index (χ0n) is 12.5. The van der Waals surface area contributed by atoms with Crippen LogP contribution >= 0.6 is 11.3 Å². The lowest BCUT2D eigenvalue weighted by molar-refractivity contribution is 0.0951. The van der Waals surface area contributed by atoms with Gasteiger partial charge >= 0.3 is 0 Å². The molecular weight excluding hydrogens is 311 g/mol. The minimum absolute atomic E-state index is 0.123. The maximum absolute atomic E-state index is 13.0. The van der Waals surface area contributed by atoms with E-state index in [1.165, 1.54) is 23.5 Å². The van der Waals surface area contributed by atoms with Gasteiger partial charge in [0.25, 0.3) is 5.91 Å². The topological polar surface area (TPSA) is 42.0 Å². The number of carbonyl (C=O) groups is 1. The van der Waals surface area contributed by atoms with E-state index in [-0.39, 0.29) is 11.7 Å². The predicted molar refractivity (Wildman–Crippen MR) is 89.9 cm³/mol. The Hall–Kier alpha value is -2.53. The normalized spacial score (nSPS) is 10.5. The highest BCUT2D eigenvalue weighted by molar-refractivity contribution is 7.12. The minimum Gasteiger partial charge on any atom is -0.346 e. The first-order valence-electron chi connectivity index (χ1n) is 7.19. The molecule has 5 heteroatoms. The van der Waals surface area contributed by atoms with E-state index in [2.05, 4.69) is 10.3 Å². The van der Waals surface area contributed by atoms with E-state index in [0.717, 1.165) is 21.1 Å². The van der Waals surface area contributed by atoms with Gasteiger partial charge in [-0.1, -0.05) is 18.2 Å². The second-order valence-corrected chi connectivity index (χ2v) is 6.36. The van der Waals surface area contributed by atoms with Gasteiger partial charge in [-0.05, 0) is 43.3 Å². The summed E-state index contributed by atoms with van der Waals surface area (Å²) in [6.45, 7) is 2.35. The summed E-state index contributed by atoms with van der Waals surface area (Å²) in [4.78, 5) is 17.6. The van der Waals surface area contributed by atoms with Crippen LogP contribution in [-0.4, -0.2) is 10.9 Å². The van der Waals surface area contributed by atoms with Gasteiger partial charge in [0.15, 0.2) is 0 Å². The highest BCUT2D eigenvalue weighted by Gasteiger charge is 2.11. The molecule has 3 aromatic rings. The average molecular weight is 326 g/mol. The number of hydrogen-bond donors (Lipinski definition) is 1. The molecule has 116 valence electrons. The fourth-order valence-electron chi connectivity index (χ4n) is 2.25. The van der Waals surface area contributed by atoms with E-state index in [1.54, 1.807) is 24.3 Å². The van der Waals surface area contributed by atoms with Crippen molar-refractivity contribution >= 4 is 17.2 Å². The number of amides is 1. The second-order valence-electron chi connectivity index (χ2n) is 5.07. The lowest BCUT2D eigenvalue weighted by Crippen LogP contribution is -2.22. The molecule has 0 unspecified atom stereocenters. The first kappa shape index (κ1) is 15.4. The van der Waals surface area contributed by atoms with Crippen molar-refractivity contribution in [3.63, 3.8) is 0 Å². The smallest absolute Gasteiger partial charge is 0.251 e. The summed E-state index contributed by atoms with van der Waals surface area (Å²) in [7, 11) is 0. The van der Waals surface area contributed by atoms with Gasteiger partial charge in [0.1, 0.15) is 10.8 Å². The number of aryl methyl sites for hydroxylation is 1. The van der Waals surface area contributed by atoms with Crippen LogP contribution in [0.1, 0.15) is 20.2 Å². The molecule has 0 aliphatic rings. The number of thiazole rings is 1. The standard InChI is InChI=1S/C18H15FN2OS/c1-12-17(13-7-9-15(19)10-8-13)21-16(23-12)11-20-18(22)14-5-3-2-4-6-14/h2-10H,11H2,1H3,(H,20,22). The Balaban J connectivity index is 1.71. The van der Waals surface area contributed by atoms with Gasteiger partial charge in [0, 0.05) is 16.0 Å². The van der Waals surface area contributed by atoms with Crippen molar-refractivity contribution in [2.45, 2.75) is 13.5 Å². The number of nitrogens with one attached hydrogen (secondary N) is 1. The molecule has 0 aliphatic carbocycles. The quantitative estimate of drug-likeness (QED) is 0.781. The molecule has 0 saturated heterocycles. The molecule has 1 amide bonds. The fraction of sp³-hybridized carbons (Fsp3) is 0.111. The van der Waals surface area contributed by atoms with Crippen LogP contribution in [-0.2, 0) is 6.54 Å². The van der Waals surface area contributed by atoms with Crippen molar-refractivity contribution in [1.82, 2.24) is 10.3 Å². The van der Waals surface area contributed by atoms with Gasteiger partial charge in [-0.3, -0.25) is 4.79 Å². The van der Waals surface area contributed by atoms with E-state index >= 15 is 0 Å². The maximum atomic E-state index is 13.0. The van der Waals surface area contributed by atoms with E-state index < -0.39 is 0 Å². The van der Waals surface area contributed by atoms with Crippen LogP contribution in [0.3, 0.4) is 0 Å². The van der Waals surface area contributed by atoms with Gasteiger partial charge in [-0.15, -0.1) is 11.3 Å². The van der Waals surface area contributed by atoms with Gasteiger partial charge in [-0.25, -0.2) is 9.37 Å². The first-order valence-corrected chi connectivity index (χ1v) is 8.00. The number of hydrogen-bond acceptors (Lipinski definition) is 3. The molecule has 23 heavy (non-hydrogen) atoms. The number of aromatic nitrogens is 1. The summed E-state index contributed by atoms with van der Waals surface area (Å²) in [5.41, 5.74) is 2.33. The van der Waals surface area contributed by atoms with Crippen LogP contribution in [0, 0.1) is 12.7 Å². The number of benzene rings is 2. The SMILES string of the molecule is Cc1sc(CNC(=O)c2ccccc2)nc1-c1ccc(F)cc1. The van der Waals surface area contributed by atoms with Crippen molar-refractivity contribution in [2.75, 3.05) is 0 Å². The summed E-state index contributed by atoms with van der Waals surface area (Å²) in [5, 5.41) is 3.69. The Morgan fingerprint density at radius 1 is 1.13 bits per heavy atom. The summed E-state index contributed by atoms with van der Waals surface area (Å²) >= 11 is 1.53. The molecule has 1 heterocycles. The van der Waals surface area contributed by atoms with Crippen LogP contribution in [0.4, 0.5) is 4.39 Å². The highest BCUT2D eigenvalue weighted by Crippen LogP contribution is 2.27. The Bertz CT molecular complexity index is 813. The lowest BCUT2D eigenvalue weighted by Gasteiger charge is -2.02. The number of halogens is 1. The molecule has 0 saturated carbocycles. The molecule has 0 fully saturated rings. The molecule has 0 radical (unpaired) electrons. The van der Waals surface area contributed by atoms with Crippen molar-refractivity contribution < 1.29 is 9.18 Å². The van der Waals surface area contributed by atoms with Crippen molar-refractivity contribution in [3.05, 3.63) is 75.9 Å². The van der Waals surface area contributed by atoms with Crippen LogP contribution in [0.15, 0.2) is 54.6 Å². The summed E-state index contributed by atoms with van der Waals surface area (Å²) in [5.74, 6) is -0.390. The van der Waals surface area contributed by atoms with E-state index in [9.17, 15) is 9.18 Å². The van der Waals surface area contributed by atoms with Crippen LogP contribution in [0.2, 0.25) is 0 Å². The number of rotatable bonds is 4. The lowest BCUT2D eigenvalue weighted by atomic mass is 10.1. The Morgan fingerprint density at radius 2 is 1.83 bits per heavy atom. The Labute approximate surface area is 137 Å². The Morgan fingerprint density at radius 3 is 2.52 bits per heavy atom. The summed E-state index contributed by atoms with van der Waals surface area (Å²) in [6.07, 6.45) is 0. The second kappa shape index (κ2) is 6.71. The van der Waals surface area contributed by atoms with E-state index in [0.29, 0.717) is 12.1 Å². The molecule has 0 atom stereocenters. The minimum atomic E-state index is -0.267. The molecule has 1 N–H and O–H groups in total. The number of carbonyl (C=O) groups excluding carboxylic acids is 1. The third-order valence-electron chi connectivity index (χ3n) is 3.39. The summed E-state index contributed by atoms with van der Waals surface area (Å²) < 4.78 is 13.0. The van der Waals surface area contributed by atoms with Crippen LogP contribution in [0.25, 0.3) is 11.3 Å². The Kier molecular flexibility index (Phi) is 4.48. The van der Waals surface area contributed by atoms with Gasteiger partial charge < -0.3 is 5.32 Å². The molecule has 1 aromatic heterocycles. The third-order valence-corrected chi connectivity index (χ3v) is 4.37. The van der Waals surface area contributed by atoms with Gasteiger partial charge in [0.05, 0.1) is 12.2 Å². The molecule has 0 aliphatic heterocycles. The number of nitrogens with zero attached hydrogens (tertiary/aromatic N) is 1.